The van der Waals surface area contributed by atoms with E-state index in [1.807, 2.05) is 30.9 Å². The predicted molar refractivity (Wildman–Crippen MR) is 130 cm³/mol. The monoisotopic (exact) mass is 452 g/mol. The number of amides is 1. The van der Waals surface area contributed by atoms with E-state index in [1.165, 1.54) is 12.1 Å². The van der Waals surface area contributed by atoms with Gasteiger partial charge < -0.3 is 20.3 Å². The number of H-pyrrole nitrogens is 1. The average Bonchev–Trinajstić information content (AvgIpc) is 3.07. The van der Waals surface area contributed by atoms with Crippen LogP contribution in [0.1, 0.15) is 39.7 Å². The highest BCUT2D eigenvalue weighted by Gasteiger charge is 2.28. The third kappa shape index (κ3) is 4.75. The Morgan fingerprint density at radius 1 is 1.21 bits per heavy atom. The van der Waals surface area contributed by atoms with Crippen LogP contribution in [-0.4, -0.2) is 64.6 Å². The van der Waals surface area contributed by atoms with Gasteiger partial charge in [-0.2, -0.15) is 0 Å². The lowest BCUT2D eigenvalue weighted by molar-refractivity contribution is 0.0458. The molecule has 176 valence electrons. The lowest BCUT2D eigenvalue weighted by Crippen LogP contribution is -2.54. The van der Waals surface area contributed by atoms with Crippen molar-refractivity contribution in [2.45, 2.75) is 40.3 Å². The molecule has 6 nitrogen and oxygen atoms in total. The number of nitrogens with one attached hydrogen (secondary N) is 2. The SMILES string of the molecule is Cc1cc(F)ccc1CNc1cc(C(=O)N2CCN(CCO)CC2C)cc2c(C)c(C)[nH]c12. The van der Waals surface area contributed by atoms with Crippen LogP contribution in [0.4, 0.5) is 10.1 Å². The van der Waals surface area contributed by atoms with E-state index in [4.69, 9.17) is 0 Å². The quantitative estimate of drug-likeness (QED) is 0.529. The van der Waals surface area contributed by atoms with Crippen molar-refractivity contribution in [2.75, 3.05) is 38.1 Å². The summed E-state index contributed by atoms with van der Waals surface area (Å²) in [6.45, 7) is 11.5. The summed E-state index contributed by atoms with van der Waals surface area (Å²) in [6, 6.07) is 8.78. The molecule has 1 saturated heterocycles. The first kappa shape index (κ1) is 23.3. The number of carbonyl (C=O) groups is 1. The van der Waals surface area contributed by atoms with Crippen LogP contribution in [0.5, 0.6) is 0 Å². The van der Waals surface area contributed by atoms with Crippen LogP contribution in [0, 0.1) is 26.6 Å². The Balaban J connectivity index is 1.64. The molecule has 0 bridgehead atoms. The number of aromatic nitrogens is 1. The molecular formula is C26H33FN4O2. The van der Waals surface area contributed by atoms with E-state index in [0.717, 1.165) is 52.1 Å². The number of hydrogen-bond donors (Lipinski definition) is 3. The number of nitrogens with zero attached hydrogens (tertiary/aromatic N) is 2. The third-order valence-corrected chi connectivity index (χ3v) is 6.83. The zero-order valence-electron chi connectivity index (χ0n) is 19.8. The van der Waals surface area contributed by atoms with Crippen molar-refractivity contribution >= 4 is 22.5 Å². The summed E-state index contributed by atoms with van der Waals surface area (Å²) < 4.78 is 13.5. The molecule has 3 aromatic rings. The van der Waals surface area contributed by atoms with Crippen molar-refractivity contribution in [3.8, 4) is 0 Å². The summed E-state index contributed by atoms with van der Waals surface area (Å²) in [4.78, 5) is 21.1. The summed E-state index contributed by atoms with van der Waals surface area (Å²) in [5.74, 6) is -0.220. The second-order valence-electron chi connectivity index (χ2n) is 9.12. The fraction of sp³-hybridized carbons (Fsp3) is 0.423. The largest absolute Gasteiger partial charge is 0.395 e. The molecule has 0 radical (unpaired) electrons. The molecule has 2 heterocycles. The minimum Gasteiger partial charge on any atom is -0.395 e. The number of benzene rings is 2. The second kappa shape index (κ2) is 9.53. The maximum absolute atomic E-state index is 13.5. The fourth-order valence-electron chi connectivity index (χ4n) is 4.71. The normalized spacial score (nSPS) is 17.0. The molecule has 33 heavy (non-hydrogen) atoms. The second-order valence-corrected chi connectivity index (χ2v) is 9.12. The zero-order valence-corrected chi connectivity index (χ0v) is 19.8. The predicted octanol–water partition coefficient (Wildman–Crippen LogP) is 3.98. The first-order valence-corrected chi connectivity index (χ1v) is 11.5. The molecule has 0 saturated carbocycles. The van der Waals surface area contributed by atoms with Crippen LogP contribution in [0.15, 0.2) is 30.3 Å². The van der Waals surface area contributed by atoms with Gasteiger partial charge in [0, 0.05) is 55.4 Å². The highest BCUT2D eigenvalue weighted by Crippen LogP contribution is 2.31. The van der Waals surface area contributed by atoms with Crippen molar-refractivity contribution in [2.24, 2.45) is 0 Å². The number of fused-ring (bicyclic) bond motifs is 1. The molecule has 1 amide bonds. The molecule has 4 rings (SSSR count). The summed E-state index contributed by atoms with van der Waals surface area (Å²) in [7, 11) is 0. The Morgan fingerprint density at radius 2 is 2.00 bits per heavy atom. The fourth-order valence-corrected chi connectivity index (χ4v) is 4.71. The Kier molecular flexibility index (Phi) is 6.72. The van der Waals surface area contributed by atoms with Crippen molar-refractivity contribution in [1.29, 1.82) is 0 Å². The minimum atomic E-state index is -0.241. The number of rotatable bonds is 6. The number of aromatic amines is 1. The number of β-amino-alcohol motifs (C(OH)–C–C–N with tert-alkyl or cyclic N) is 1. The highest BCUT2D eigenvalue weighted by molar-refractivity contribution is 6.04. The Labute approximate surface area is 194 Å². The molecule has 1 aromatic heterocycles. The Hall–Kier alpha value is -2.90. The van der Waals surface area contributed by atoms with Crippen LogP contribution in [0.2, 0.25) is 0 Å². The van der Waals surface area contributed by atoms with Gasteiger partial charge in [0.1, 0.15) is 5.82 Å². The van der Waals surface area contributed by atoms with E-state index >= 15 is 0 Å². The van der Waals surface area contributed by atoms with Crippen LogP contribution in [-0.2, 0) is 6.54 Å². The van der Waals surface area contributed by atoms with E-state index in [1.54, 1.807) is 6.07 Å². The number of aliphatic hydroxyl groups is 1. The van der Waals surface area contributed by atoms with Gasteiger partial charge in [0.15, 0.2) is 0 Å². The van der Waals surface area contributed by atoms with Crippen molar-refractivity contribution in [3.05, 3.63) is 64.1 Å². The van der Waals surface area contributed by atoms with Gasteiger partial charge in [0.2, 0.25) is 0 Å². The van der Waals surface area contributed by atoms with E-state index < -0.39 is 0 Å². The van der Waals surface area contributed by atoms with Crippen molar-refractivity contribution in [1.82, 2.24) is 14.8 Å². The molecule has 0 spiro atoms. The number of aryl methyl sites for hydroxylation is 3. The molecule has 1 aliphatic heterocycles. The minimum absolute atomic E-state index is 0.0207. The molecule has 1 fully saturated rings. The molecule has 1 aliphatic rings. The highest BCUT2D eigenvalue weighted by atomic mass is 19.1. The number of hydrogen-bond acceptors (Lipinski definition) is 4. The average molecular weight is 453 g/mol. The number of carbonyl (C=O) groups excluding carboxylic acids is 1. The van der Waals surface area contributed by atoms with Gasteiger partial charge in [0.05, 0.1) is 17.8 Å². The van der Waals surface area contributed by atoms with Gasteiger partial charge in [-0.05, 0) is 68.7 Å². The van der Waals surface area contributed by atoms with E-state index in [9.17, 15) is 14.3 Å². The summed E-state index contributed by atoms with van der Waals surface area (Å²) >= 11 is 0. The standard InChI is InChI=1S/C26H33FN4O2/c1-16-11-22(27)6-5-20(16)14-28-24-13-21(12-23-18(3)19(4)29-25(23)24)26(33)31-8-7-30(9-10-32)15-17(31)2/h5-6,11-13,17,28-29,32H,7-10,14-15H2,1-4H3. The number of aliphatic hydroxyl groups excluding tert-OH is 1. The molecule has 1 unspecified atom stereocenters. The van der Waals surface area contributed by atoms with Gasteiger partial charge in [-0.1, -0.05) is 6.07 Å². The molecule has 1 atom stereocenters. The summed E-state index contributed by atoms with van der Waals surface area (Å²) in [6.07, 6.45) is 0. The first-order chi connectivity index (χ1) is 15.8. The molecule has 7 heteroatoms. The molecular weight excluding hydrogens is 419 g/mol. The lowest BCUT2D eigenvalue weighted by atomic mass is 10.0. The maximum atomic E-state index is 13.5. The van der Waals surface area contributed by atoms with Crippen molar-refractivity contribution < 1.29 is 14.3 Å². The molecule has 0 aliphatic carbocycles. The van der Waals surface area contributed by atoms with E-state index in [2.05, 4.69) is 29.0 Å². The van der Waals surface area contributed by atoms with Crippen LogP contribution >= 0.6 is 0 Å². The topological polar surface area (TPSA) is 71.6 Å². The zero-order chi connectivity index (χ0) is 23.7. The van der Waals surface area contributed by atoms with Gasteiger partial charge in [-0.15, -0.1) is 0 Å². The van der Waals surface area contributed by atoms with E-state index in [0.29, 0.717) is 25.2 Å². The third-order valence-electron chi connectivity index (χ3n) is 6.83. The number of halogens is 1. The van der Waals surface area contributed by atoms with E-state index in [-0.39, 0.29) is 24.4 Å². The first-order valence-electron chi connectivity index (χ1n) is 11.5. The van der Waals surface area contributed by atoms with Gasteiger partial charge in [0.25, 0.3) is 5.91 Å². The smallest absolute Gasteiger partial charge is 0.254 e. The molecule has 3 N–H and O–H groups in total. The Morgan fingerprint density at radius 3 is 2.70 bits per heavy atom. The maximum Gasteiger partial charge on any atom is 0.254 e. The lowest BCUT2D eigenvalue weighted by Gasteiger charge is -2.39. The summed E-state index contributed by atoms with van der Waals surface area (Å²) in [5.41, 5.74) is 6.59. The molecule has 2 aromatic carbocycles. The summed E-state index contributed by atoms with van der Waals surface area (Å²) in [5, 5.41) is 13.7. The van der Waals surface area contributed by atoms with Gasteiger partial charge in [-0.3, -0.25) is 9.69 Å². The number of anilines is 1. The van der Waals surface area contributed by atoms with Gasteiger partial charge >= 0.3 is 0 Å². The number of piperazine rings is 1. The van der Waals surface area contributed by atoms with Crippen molar-refractivity contribution in [3.63, 3.8) is 0 Å². The van der Waals surface area contributed by atoms with Crippen LogP contribution in [0.25, 0.3) is 10.9 Å². The van der Waals surface area contributed by atoms with Gasteiger partial charge in [-0.25, -0.2) is 4.39 Å². The van der Waals surface area contributed by atoms with Crippen LogP contribution < -0.4 is 5.32 Å². The van der Waals surface area contributed by atoms with Crippen LogP contribution in [0.3, 0.4) is 0 Å². The Bertz CT molecular complexity index is 1170.